The van der Waals surface area contributed by atoms with Crippen LogP contribution in [0.15, 0.2) is 29.4 Å². The Hall–Kier alpha value is -2.49. The van der Waals surface area contributed by atoms with Gasteiger partial charge in [0.05, 0.1) is 4.92 Å². The topological polar surface area (TPSA) is 96.0 Å². The highest BCUT2D eigenvalue weighted by Crippen LogP contribution is 2.41. The fraction of sp³-hybridized carbons (Fsp3) is 0.333. The Morgan fingerprint density at radius 2 is 2.05 bits per heavy atom. The number of benzene rings is 1. The largest absolute Gasteiger partial charge is 0.438 e. The Labute approximate surface area is 121 Å². The van der Waals surface area contributed by atoms with E-state index in [0.29, 0.717) is 0 Å². The molecule has 1 aliphatic rings. The van der Waals surface area contributed by atoms with Crippen molar-refractivity contribution in [2.24, 2.45) is 5.10 Å². The molecule has 0 aliphatic carbocycles. The van der Waals surface area contributed by atoms with Gasteiger partial charge in [0.1, 0.15) is 5.56 Å². The second kappa shape index (κ2) is 5.05. The van der Waals surface area contributed by atoms with E-state index in [4.69, 9.17) is 0 Å². The second-order valence-corrected chi connectivity index (χ2v) is 4.72. The first-order valence-electron chi connectivity index (χ1n) is 5.99. The van der Waals surface area contributed by atoms with Crippen molar-refractivity contribution in [3.8, 4) is 0 Å². The van der Waals surface area contributed by atoms with E-state index in [-0.39, 0.29) is 10.7 Å². The van der Waals surface area contributed by atoms with E-state index in [1.807, 2.05) is 0 Å². The molecule has 1 aromatic rings. The minimum Gasteiger partial charge on any atom is -0.362 e. The van der Waals surface area contributed by atoms with Gasteiger partial charge in [0.25, 0.3) is 17.3 Å². The van der Waals surface area contributed by atoms with Crippen LogP contribution < -0.4 is 0 Å². The number of aliphatic hydroxyl groups is 1. The third-order valence-electron chi connectivity index (χ3n) is 3.10. The summed E-state index contributed by atoms with van der Waals surface area (Å²) in [6.45, 7) is 1.21. The molecule has 1 amide bonds. The molecule has 0 radical (unpaired) electrons. The first-order chi connectivity index (χ1) is 10.1. The predicted molar refractivity (Wildman–Crippen MR) is 68.0 cm³/mol. The van der Waals surface area contributed by atoms with Crippen LogP contribution in [0.5, 0.6) is 0 Å². The van der Waals surface area contributed by atoms with Gasteiger partial charge in [-0.25, -0.2) is 0 Å². The van der Waals surface area contributed by atoms with E-state index >= 15 is 0 Å². The fourth-order valence-electron chi connectivity index (χ4n) is 2.08. The highest BCUT2D eigenvalue weighted by molar-refractivity contribution is 6.00. The monoisotopic (exact) mass is 317 g/mol. The smallest absolute Gasteiger partial charge is 0.362 e. The quantitative estimate of drug-likeness (QED) is 0.667. The highest BCUT2D eigenvalue weighted by Gasteiger charge is 2.63. The fourth-order valence-corrected chi connectivity index (χ4v) is 2.08. The van der Waals surface area contributed by atoms with Crippen LogP contribution in [0.2, 0.25) is 0 Å². The summed E-state index contributed by atoms with van der Waals surface area (Å²) in [4.78, 5) is 22.2. The number of nitro groups is 1. The van der Waals surface area contributed by atoms with Crippen LogP contribution in [0.4, 0.5) is 18.9 Å². The number of nitro benzene ring substituents is 1. The number of hydrazone groups is 1. The maximum absolute atomic E-state index is 13.1. The standard InChI is InChI=1S/C12H10F3N3O4/c1-7-6-11(20,12(13,14)15)17(16-7)10(19)8-4-2-3-5-9(8)18(21)22/h2-5,20H,6H2,1H3/t11-/m1/s1. The summed E-state index contributed by atoms with van der Waals surface area (Å²) < 4.78 is 39.2. The van der Waals surface area contributed by atoms with Crippen molar-refractivity contribution >= 4 is 17.3 Å². The third-order valence-corrected chi connectivity index (χ3v) is 3.10. The summed E-state index contributed by atoms with van der Waals surface area (Å²) in [7, 11) is 0. The van der Waals surface area contributed by atoms with Gasteiger partial charge >= 0.3 is 6.18 Å². The molecular weight excluding hydrogens is 307 g/mol. The van der Waals surface area contributed by atoms with Crippen LogP contribution in [0, 0.1) is 10.1 Å². The number of hydrogen-bond donors (Lipinski definition) is 1. The number of hydrogen-bond acceptors (Lipinski definition) is 5. The molecule has 1 aromatic carbocycles. The molecule has 118 valence electrons. The van der Waals surface area contributed by atoms with Crippen LogP contribution in [0.25, 0.3) is 0 Å². The lowest BCUT2D eigenvalue weighted by atomic mass is 10.1. The highest BCUT2D eigenvalue weighted by atomic mass is 19.4. The van der Waals surface area contributed by atoms with Gasteiger partial charge in [0.15, 0.2) is 0 Å². The van der Waals surface area contributed by atoms with Gasteiger partial charge in [-0.15, -0.1) is 0 Å². The molecule has 0 saturated heterocycles. The van der Waals surface area contributed by atoms with Crippen LogP contribution in [0.3, 0.4) is 0 Å². The van der Waals surface area contributed by atoms with Crippen molar-refractivity contribution in [2.75, 3.05) is 0 Å². The summed E-state index contributed by atoms with van der Waals surface area (Å²) in [5.41, 5.74) is -4.89. The number of carbonyl (C=O) groups excluding carboxylic acids is 1. The zero-order valence-corrected chi connectivity index (χ0v) is 11.2. The average Bonchev–Trinajstić information content (AvgIpc) is 2.74. The maximum Gasteiger partial charge on any atom is 0.438 e. The van der Waals surface area contributed by atoms with Gasteiger partial charge in [-0.05, 0) is 13.0 Å². The molecule has 0 spiro atoms. The SMILES string of the molecule is CC1=NN(C(=O)c2ccccc2[N+](=O)[O-])[C@](O)(C(F)(F)F)C1. The number of para-hydroxylation sites is 1. The molecule has 0 unspecified atom stereocenters. The van der Waals surface area contributed by atoms with Gasteiger partial charge in [0.2, 0.25) is 0 Å². The Bertz CT molecular complexity index is 674. The minimum atomic E-state index is -5.16. The molecule has 0 fully saturated rings. The molecule has 10 heteroatoms. The Morgan fingerprint density at radius 3 is 2.59 bits per heavy atom. The minimum absolute atomic E-state index is 0.119. The van der Waals surface area contributed by atoms with Gasteiger partial charge in [-0.2, -0.15) is 23.3 Å². The lowest BCUT2D eigenvalue weighted by Gasteiger charge is -2.32. The molecule has 1 aliphatic heterocycles. The van der Waals surface area contributed by atoms with E-state index < -0.39 is 40.4 Å². The third kappa shape index (κ3) is 2.41. The molecule has 1 atom stereocenters. The molecule has 0 aromatic heterocycles. The first-order valence-corrected chi connectivity index (χ1v) is 5.99. The first kappa shape index (κ1) is 15.9. The van der Waals surface area contributed by atoms with Crippen LogP contribution in [-0.4, -0.2) is 38.6 Å². The zero-order chi connectivity index (χ0) is 16.7. The number of rotatable bonds is 2. The number of halogens is 3. The summed E-state index contributed by atoms with van der Waals surface area (Å²) in [6, 6.07) is 4.51. The van der Waals surface area contributed by atoms with Crippen LogP contribution >= 0.6 is 0 Å². The Morgan fingerprint density at radius 1 is 1.45 bits per heavy atom. The van der Waals surface area contributed by atoms with Gasteiger partial charge in [0, 0.05) is 18.2 Å². The average molecular weight is 317 g/mol. The normalized spacial score (nSPS) is 21.7. The maximum atomic E-state index is 13.1. The van der Waals surface area contributed by atoms with Crippen molar-refractivity contribution in [2.45, 2.75) is 25.2 Å². The van der Waals surface area contributed by atoms with E-state index in [1.54, 1.807) is 0 Å². The molecule has 7 nitrogen and oxygen atoms in total. The van der Waals surface area contributed by atoms with E-state index in [9.17, 15) is 33.2 Å². The van der Waals surface area contributed by atoms with Crippen LogP contribution in [-0.2, 0) is 0 Å². The van der Waals surface area contributed by atoms with Crippen molar-refractivity contribution in [1.29, 1.82) is 0 Å². The Kier molecular flexibility index (Phi) is 3.65. The number of alkyl halides is 3. The zero-order valence-electron chi connectivity index (χ0n) is 11.2. The summed E-state index contributed by atoms with van der Waals surface area (Å²) >= 11 is 0. The lowest BCUT2D eigenvalue weighted by Crippen LogP contribution is -2.56. The molecule has 1 N–H and O–H groups in total. The van der Waals surface area contributed by atoms with E-state index in [0.717, 1.165) is 12.1 Å². The second-order valence-electron chi connectivity index (χ2n) is 4.72. The van der Waals surface area contributed by atoms with Gasteiger partial charge < -0.3 is 5.11 Å². The summed E-state index contributed by atoms with van der Waals surface area (Å²) in [5.74, 6) is -1.40. The lowest BCUT2D eigenvalue weighted by molar-refractivity contribution is -0.385. The van der Waals surface area contributed by atoms with Gasteiger partial charge in [-0.3, -0.25) is 14.9 Å². The Balaban J connectivity index is 2.51. The van der Waals surface area contributed by atoms with Crippen molar-refractivity contribution in [3.63, 3.8) is 0 Å². The van der Waals surface area contributed by atoms with Gasteiger partial charge in [-0.1, -0.05) is 12.1 Å². The van der Waals surface area contributed by atoms with E-state index in [2.05, 4.69) is 5.10 Å². The molecule has 0 bridgehead atoms. The summed E-state index contributed by atoms with van der Waals surface area (Å²) in [5, 5.41) is 23.9. The number of carbonyl (C=O) groups is 1. The molecular formula is C12H10F3N3O4. The molecule has 2 rings (SSSR count). The molecule has 22 heavy (non-hydrogen) atoms. The van der Waals surface area contributed by atoms with Crippen molar-refractivity contribution in [1.82, 2.24) is 5.01 Å². The van der Waals surface area contributed by atoms with E-state index in [1.165, 1.54) is 19.1 Å². The predicted octanol–water partition coefficient (Wildman–Crippen LogP) is 2.07. The molecule has 1 heterocycles. The number of amides is 1. The van der Waals surface area contributed by atoms with Crippen LogP contribution in [0.1, 0.15) is 23.7 Å². The number of nitrogens with zero attached hydrogens (tertiary/aromatic N) is 3. The summed E-state index contributed by atoms with van der Waals surface area (Å²) in [6.07, 6.45) is -6.07. The van der Waals surface area contributed by atoms with Crippen molar-refractivity contribution in [3.05, 3.63) is 39.9 Å². The molecule has 0 saturated carbocycles. The van der Waals surface area contributed by atoms with Crippen molar-refractivity contribution < 1.29 is 28.0 Å².